The highest BCUT2D eigenvalue weighted by Crippen LogP contribution is 2.14. The van der Waals surface area contributed by atoms with Gasteiger partial charge in [-0.2, -0.15) is 0 Å². The van der Waals surface area contributed by atoms with Crippen LogP contribution in [0.15, 0.2) is 0 Å². The molecule has 4 nitrogen and oxygen atoms in total. The standard InChI is InChI=1S/C13H26N2O2/c1-11(16)15-9-5-12(6-10-15)14-8-7-13(2,3)17-4/h12,14H,5-10H2,1-4H3. The van der Waals surface area contributed by atoms with Crippen LogP contribution in [-0.2, 0) is 9.53 Å². The monoisotopic (exact) mass is 242 g/mol. The van der Waals surface area contributed by atoms with Gasteiger partial charge in [0.05, 0.1) is 5.60 Å². The van der Waals surface area contributed by atoms with Gasteiger partial charge >= 0.3 is 0 Å². The summed E-state index contributed by atoms with van der Waals surface area (Å²) in [5.41, 5.74) is -0.0485. The van der Waals surface area contributed by atoms with Gasteiger partial charge in [-0.1, -0.05) is 0 Å². The van der Waals surface area contributed by atoms with Crippen LogP contribution in [-0.4, -0.2) is 49.2 Å². The lowest BCUT2D eigenvalue weighted by Gasteiger charge is -2.32. The molecular formula is C13H26N2O2. The van der Waals surface area contributed by atoms with Gasteiger partial charge in [0.1, 0.15) is 0 Å². The number of piperidine rings is 1. The van der Waals surface area contributed by atoms with Crippen LogP contribution < -0.4 is 5.32 Å². The molecule has 4 heteroatoms. The number of rotatable bonds is 5. The van der Waals surface area contributed by atoms with Crippen molar-refractivity contribution in [3.63, 3.8) is 0 Å². The van der Waals surface area contributed by atoms with Crippen molar-refractivity contribution in [2.45, 2.75) is 51.7 Å². The number of nitrogens with one attached hydrogen (secondary N) is 1. The fourth-order valence-corrected chi connectivity index (χ4v) is 2.08. The summed E-state index contributed by atoms with van der Waals surface area (Å²) in [5.74, 6) is 0.198. The molecule has 0 radical (unpaired) electrons. The Labute approximate surface area is 105 Å². The molecule has 100 valence electrons. The molecular weight excluding hydrogens is 216 g/mol. The number of carbonyl (C=O) groups excluding carboxylic acids is 1. The SMILES string of the molecule is COC(C)(C)CCNC1CCN(C(C)=O)CC1. The summed E-state index contributed by atoms with van der Waals surface area (Å²) < 4.78 is 5.38. The first kappa shape index (κ1) is 14.5. The largest absolute Gasteiger partial charge is 0.379 e. The number of nitrogens with zero attached hydrogens (tertiary/aromatic N) is 1. The molecule has 1 fully saturated rings. The second kappa shape index (κ2) is 6.36. The van der Waals surface area contributed by atoms with Crippen LogP contribution in [0.5, 0.6) is 0 Å². The molecule has 1 N–H and O–H groups in total. The summed E-state index contributed by atoms with van der Waals surface area (Å²) in [5, 5.41) is 3.55. The summed E-state index contributed by atoms with van der Waals surface area (Å²) in [6, 6.07) is 0.554. The number of hydrogen-bond acceptors (Lipinski definition) is 3. The van der Waals surface area contributed by atoms with Crippen LogP contribution in [0.1, 0.15) is 40.0 Å². The van der Waals surface area contributed by atoms with Crippen LogP contribution in [0, 0.1) is 0 Å². The third kappa shape index (κ3) is 5.04. The Kier molecular flexibility index (Phi) is 5.40. The van der Waals surface area contributed by atoms with E-state index < -0.39 is 0 Å². The molecule has 1 heterocycles. The Morgan fingerprint density at radius 1 is 1.41 bits per heavy atom. The summed E-state index contributed by atoms with van der Waals surface area (Å²) in [4.78, 5) is 13.1. The predicted molar refractivity (Wildman–Crippen MR) is 69.0 cm³/mol. The zero-order valence-electron chi connectivity index (χ0n) is 11.6. The lowest BCUT2D eigenvalue weighted by Crippen LogP contribution is -2.45. The van der Waals surface area contributed by atoms with Crippen molar-refractivity contribution in [2.24, 2.45) is 0 Å². The second-order valence-corrected chi connectivity index (χ2v) is 5.45. The van der Waals surface area contributed by atoms with Crippen LogP contribution in [0.3, 0.4) is 0 Å². The van der Waals surface area contributed by atoms with E-state index in [4.69, 9.17) is 4.74 Å². The summed E-state index contributed by atoms with van der Waals surface area (Å²) in [7, 11) is 1.76. The minimum atomic E-state index is -0.0485. The van der Waals surface area contributed by atoms with Crippen LogP contribution in [0.4, 0.5) is 0 Å². The van der Waals surface area contributed by atoms with Gasteiger partial charge in [-0.3, -0.25) is 4.79 Å². The Balaban J connectivity index is 2.16. The summed E-state index contributed by atoms with van der Waals surface area (Å²) in [6.45, 7) is 8.61. The maximum Gasteiger partial charge on any atom is 0.219 e. The van der Waals surface area contributed by atoms with Gasteiger partial charge in [0.15, 0.2) is 0 Å². The molecule has 0 saturated carbocycles. The molecule has 0 atom stereocenters. The lowest BCUT2D eigenvalue weighted by atomic mass is 10.0. The van der Waals surface area contributed by atoms with E-state index in [9.17, 15) is 4.79 Å². The highest BCUT2D eigenvalue weighted by atomic mass is 16.5. The molecule has 1 amide bonds. The zero-order chi connectivity index (χ0) is 12.9. The summed E-state index contributed by atoms with van der Waals surface area (Å²) in [6.07, 6.45) is 3.14. The van der Waals surface area contributed by atoms with Crippen molar-refractivity contribution < 1.29 is 9.53 Å². The van der Waals surface area contributed by atoms with E-state index in [0.717, 1.165) is 38.9 Å². The molecule has 1 aliphatic rings. The van der Waals surface area contributed by atoms with E-state index in [1.807, 2.05) is 4.90 Å². The maximum atomic E-state index is 11.2. The Bertz CT molecular complexity index is 246. The molecule has 0 aromatic rings. The number of hydrogen-bond donors (Lipinski definition) is 1. The Morgan fingerprint density at radius 3 is 2.47 bits per heavy atom. The number of ether oxygens (including phenoxy) is 1. The highest BCUT2D eigenvalue weighted by molar-refractivity contribution is 5.73. The predicted octanol–water partition coefficient (Wildman–Crippen LogP) is 1.40. The van der Waals surface area contributed by atoms with Crippen molar-refractivity contribution in [1.29, 1.82) is 0 Å². The van der Waals surface area contributed by atoms with Gasteiger partial charge in [0, 0.05) is 33.2 Å². The first-order valence-corrected chi connectivity index (χ1v) is 6.48. The van der Waals surface area contributed by atoms with E-state index in [-0.39, 0.29) is 11.5 Å². The van der Waals surface area contributed by atoms with Gasteiger partial charge in [0.2, 0.25) is 5.91 Å². The second-order valence-electron chi connectivity index (χ2n) is 5.45. The fourth-order valence-electron chi connectivity index (χ4n) is 2.08. The molecule has 0 unspecified atom stereocenters. The van der Waals surface area contributed by atoms with Crippen molar-refractivity contribution in [1.82, 2.24) is 10.2 Å². The molecule has 1 aliphatic heterocycles. The van der Waals surface area contributed by atoms with Crippen LogP contribution in [0.25, 0.3) is 0 Å². The van der Waals surface area contributed by atoms with Crippen molar-refractivity contribution in [3.05, 3.63) is 0 Å². The first-order chi connectivity index (χ1) is 7.94. The molecule has 0 spiro atoms. The van der Waals surface area contributed by atoms with E-state index >= 15 is 0 Å². The van der Waals surface area contributed by atoms with Gasteiger partial charge in [-0.25, -0.2) is 0 Å². The zero-order valence-corrected chi connectivity index (χ0v) is 11.6. The molecule has 1 rings (SSSR count). The molecule has 0 aliphatic carbocycles. The van der Waals surface area contributed by atoms with Gasteiger partial charge in [-0.15, -0.1) is 0 Å². The first-order valence-electron chi connectivity index (χ1n) is 6.48. The smallest absolute Gasteiger partial charge is 0.219 e. The van der Waals surface area contributed by atoms with Gasteiger partial charge < -0.3 is 15.0 Å². The minimum Gasteiger partial charge on any atom is -0.379 e. The van der Waals surface area contributed by atoms with Crippen molar-refractivity contribution in [2.75, 3.05) is 26.7 Å². The van der Waals surface area contributed by atoms with E-state index in [1.165, 1.54) is 0 Å². The molecule has 0 bridgehead atoms. The van der Waals surface area contributed by atoms with E-state index in [0.29, 0.717) is 6.04 Å². The quantitative estimate of drug-likeness (QED) is 0.792. The fraction of sp³-hybridized carbons (Fsp3) is 0.923. The lowest BCUT2D eigenvalue weighted by molar-refractivity contribution is -0.129. The van der Waals surface area contributed by atoms with Crippen LogP contribution in [0.2, 0.25) is 0 Å². The topological polar surface area (TPSA) is 41.6 Å². The van der Waals surface area contributed by atoms with E-state index in [2.05, 4.69) is 19.2 Å². The number of amides is 1. The Morgan fingerprint density at radius 2 is 2.00 bits per heavy atom. The molecule has 0 aromatic carbocycles. The molecule has 0 aromatic heterocycles. The maximum absolute atomic E-state index is 11.2. The van der Waals surface area contributed by atoms with Gasteiger partial charge in [0.25, 0.3) is 0 Å². The summed E-state index contributed by atoms with van der Waals surface area (Å²) >= 11 is 0. The Hall–Kier alpha value is -0.610. The van der Waals surface area contributed by atoms with Crippen molar-refractivity contribution in [3.8, 4) is 0 Å². The average Bonchev–Trinajstić information content (AvgIpc) is 2.29. The molecule has 1 saturated heterocycles. The van der Waals surface area contributed by atoms with E-state index in [1.54, 1.807) is 14.0 Å². The molecule has 17 heavy (non-hydrogen) atoms. The number of methoxy groups -OCH3 is 1. The third-order valence-corrected chi connectivity index (χ3v) is 3.65. The van der Waals surface area contributed by atoms with Crippen molar-refractivity contribution >= 4 is 5.91 Å². The average molecular weight is 242 g/mol. The minimum absolute atomic E-state index is 0.0485. The normalized spacial score (nSPS) is 18.5. The number of carbonyl (C=O) groups is 1. The number of likely N-dealkylation sites (tertiary alicyclic amines) is 1. The highest BCUT2D eigenvalue weighted by Gasteiger charge is 2.21. The van der Waals surface area contributed by atoms with Gasteiger partial charge in [-0.05, 0) is 39.7 Å². The third-order valence-electron chi connectivity index (χ3n) is 3.65. The van der Waals surface area contributed by atoms with Crippen LogP contribution >= 0.6 is 0 Å².